The van der Waals surface area contributed by atoms with Crippen molar-refractivity contribution >= 4 is 11.6 Å². The largest absolute Gasteiger partial charge is 0.387 e. The SMILES string of the molecule is CNc1ccccc1C(=O)N(C)CCCOC. The van der Waals surface area contributed by atoms with Crippen molar-refractivity contribution in [3.05, 3.63) is 29.8 Å². The van der Waals surface area contributed by atoms with Crippen molar-refractivity contribution in [2.75, 3.05) is 39.7 Å². The maximum Gasteiger partial charge on any atom is 0.255 e. The molecule has 0 heterocycles. The number of carbonyl (C=O) groups is 1. The van der Waals surface area contributed by atoms with Gasteiger partial charge in [-0.2, -0.15) is 0 Å². The number of methoxy groups -OCH3 is 1. The minimum absolute atomic E-state index is 0.0334. The first-order valence-electron chi connectivity index (χ1n) is 5.72. The van der Waals surface area contributed by atoms with E-state index in [9.17, 15) is 4.79 Å². The number of rotatable bonds is 6. The van der Waals surface area contributed by atoms with Gasteiger partial charge in [0.2, 0.25) is 0 Å². The number of nitrogens with zero attached hydrogens (tertiary/aromatic N) is 1. The van der Waals surface area contributed by atoms with E-state index < -0.39 is 0 Å². The topological polar surface area (TPSA) is 41.6 Å². The summed E-state index contributed by atoms with van der Waals surface area (Å²) in [5, 5.41) is 3.03. The number of carbonyl (C=O) groups excluding carboxylic acids is 1. The van der Waals surface area contributed by atoms with Crippen LogP contribution in [0.2, 0.25) is 0 Å². The third-order valence-electron chi connectivity index (χ3n) is 2.62. The van der Waals surface area contributed by atoms with Crippen LogP contribution in [-0.4, -0.2) is 45.2 Å². The number of hydrogen-bond acceptors (Lipinski definition) is 3. The summed E-state index contributed by atoms with van der Waals surface area (Å²) in [5.74, 6) is 0.0334. The molecule has 0 radical (unpaired) electrons. The van der Waals surface area contributed by atoms with Gasteiger partial charge in [-0.1, -0.05) is 12.1 Å². The molecule has 1 aromatic carbocycles. The molecule has 4 heteroatoms. The van der Waals surface area contributed by atoms with Gasteiger partial charge in [-0.05, 0) is 18.6 Å². The summed E-state index contributed by atoms with van der Waals surface area (Å²) in [7, 11) is 5.29. The number of nitrogens with one attached hydrogen (secondary N) is 1. The summed E-state index contributed by atoms with van der Waals surface area (Å²) in [6, 6.07) is 7.52. The van der Waals surface area contributed by atoms with Crippen molar-refractivity contribution in [2.24, 2.45) is 0 Å². The molecule has 0 spiro atoms. The molecule has 0 aliphatic rings. The lowest BCUT2D eigenvalue weighted by Gasteiger charge is -2.18. The zero-order valence-corrected chi connectivity index (χ0v) is 10.7. The predicted octanol–water partition coefficient (Wildman–Crippen LogP) is 1.84. The van der Waals surface area contributed by atoms with Gasteiger partial charge in [-0.15, -0.1) is 0 Å². The summed E-state index contributed by atoms with van der Waals surface area (Å²) >= 11 is 0. The van der Waals surface area contributed by atoms with E-state index in [-0.39, 0.29) is 5.91 Å². The van der Waals surface area contributed by atoms with Gasteiger partial charge < -0.3 is 15.0 Å². The second kappa shape index (κ2) is 6.91. The summed E-state index contributed by atoms with van der Waals surface area (Å²) < 4.78 is 4.97. The number of anilines is 1. The number of para-hydroxylation sites is 1. The average Bonchev–Trinajstić information content (AvgIpc) is 2.38. The molecular weight excluding hydrogens is 216 g/mol. The second-order valence-electron chi connectivity index (χ2n) is 3.87. The van der Waals surface area contributed by atoms with Crippen LogP contribution in [0.4, 0.5) is 5.69 Å². The Labute approximate surface area is 103 Å². The predicted molar refractivity (Wildman–Crippen MR) is 69.4 cm³/mol. The van der Waals surface area contributed by atoms with Crippen LogP contribution in [0.3, 0.4) is 0 Å². The van der Waals surface area contributed by atoms with E-state index in [1.54, 1.807) is 12.0 Å². The van der Waals surface area contributed by atoms with Gasteiger partial charge in [0.1, 0.15) is 0 Å². The Hall–Kier alpha value is -1.55. The molecule has 0 bridgehead atoms. The standard InChI is InChI=1S/C13H20N2O2/c1-14-12-8-5-4-7-11(12)13(16)15(2)9-6-10-17-3/h4-5,7-8,14H,6,9-10H2,1-3H3. The molecule has 1 aromatic rings. The van der Waals surface area contributed by atoms with Gasteiger partial charge in [0.25, 0.3) is 5.91 Å². The van der Waals surface area contributed by atoms with E-state index in [2.05, 4.69) is 5.32 Å². The van der Waals surface area contributed by atoms with Crippen LogP contribution in [0, 0.1) is 0 Å². The van der Waals surface area contributed by atoms with E-state index in [0.717, 1.165) is 12.1 Å². The smallest absolute Gasteiger partial charge is 0.255 e. The van der Waals surface area contributed by atoms with E-state index in [0.29, 0.717) is 18.7 Å². The normalized spacial score (nSPS) is 10.1. The van der Waals surface area contributed by atoms with Crippen LogP contribution in [0.5, 0.6) is 0 Å². The summed E-state index contributed by atoms with van der Waals surface area (Å²) in [5.41, 5.74) is 1.56. The van der Waals surface area contributed by atoms with Gasteiger partial charge in [0, 0.05) is 40.0 Å². The van der Waals surface area contributed by atoms with E-state index in [4.69, 9.17) is 4.74 Å². The molecule has 0 unspecified atom stereocenters. The molecule has 1 amide bonds. The highest BCUT2D eigenvalue weighted by atomic mass is 16.5. The van der Waals surface area contributed by atoms with Crippen molar-refractivity contribution in [3.8, 4) is 0 Å². The summed E-state index contributed by atoms with van der Waals surface area (Å²) in [6.07, 6.45) is 0.848. The minimum Gasteiger partial charge on any atom is -0.387 e. The fraction of sp³-hybridized carbons (Fsp3) is 0.462. The Bertz CT molecular complexity index is 366. The average molecular weight is 236 g/mol. The number of ether oxygens (including phenoxy) is 1. The minimum atomic E-state index is 0.0334. The fourth-order valence-corrected chi connectivity index (χ4v) is 1.64. The zero-order valence-electron chi connectivity index (χ0n) is 10.7. The van der Waals surface area contributed by atoms with Crippen molar-refractivity contribution in [2.45, 2.75) is 6.42 Å². The van der Waals surface area contributed by atoms with Crippen LogP contribution in [-0.2, 0) is 4.74 Å². The lowest BCUT2D eigenvalue weighted by molar-refractivity contribution is 0.0780. The van der Waals surface area contributed by atoms with Crippen molar-refractivity contribution in [1.29, 1.82) is 0 Å². The summed E-state index contributed by atoms with van der Waals surface area (Å²) in [6.45, 7) is 1.37. The fourth-order valence-electron chi connectivity index (χ4n) is 1.64. The highest BCUT2D eigenvalue weighted by Crippen LogP contribution is 2.15. The number of hydrogen-bond donors (Lipinski definition) is 1. The highest BCUT2D eigenvalue weighted by Gasteiger charge is 2.14. The molecule has 1 rings (SSSR count). The van der Waals surface area contributed by atoms with Crippen LogP contribution in [0.1, 0.15) is 16.8 Å². The molecular formula is C13H20N2O2. The molecule has 1 N–H and O–H groups in total. The maximum atomic E-state index is 12.2. The lowest BCUT2D eigenvalue weighted by atomic mass is 10.1. The first kappa shape index (κ1) is 13.5. The number of benzene rings is 1. The van der Waals surface area contributed by atoms with Crippen LogP contribution in [0.25, 0.3) is 0 Å². The molecule has 0 aromatic heterocycles. The van der Waals surface area contributed by atoms with Crippen molar-refractivity contribution in [3.63, 3.8) is 0 Å². The third kappa shape index (κ3) is 3.75. The Morgan fingerprint density at radius 2 is 2.12 bits per heavy atom. The van der Waals surface area contributed by atoms with E-state index >= 15 is 0 Å². The van der Waals surface area contributed by atoms with Gasteiger partial charge >= 0.3 is 0 Å². The molecule has 0 fully saturated rings. The molecule has 4 nitrogen and oxygen atoms in total. The Balaban J connectivity index is 2.67. The Morgan fingerprint density at radius 3 is 2.76 bits per heavy atom. The quantitative estimate of drug-likeness (QED) is 0.766. The van der Waals surface area contributed by atoms with Crippen LogP contribution >= 0.6 is 0 Å². The molecule has 17 heavy (non-hydrogen) atoms. The second-order valence-corrected chi connectivity index (χ2v) is 3.87. The van der Waals surface area contributed by atoms with E-state index in [1.165, 1.54) is 0 Å². The van der Waals surface area contributed by atoms with Crippen molar-refractivity contribution in [1.82, 2.24) is 4.90 Å². The Kier molecular flexibility index (Phi) is 5.49. The third-order valence-corrected chi connectivity index (χ3v) is 2.62. The lowest BCUT2D eigenvalue weighted by Crippen LogP contribution is -2.28. The zero-order chi connectivity index (χ0) is 12.7. The monoisotopic (exact) mass is 236 g/mol. The van der Waals surface area contributed by atoms with E-state index in [1.807, 2.05) is 38.4 Å². The first-order valence-corrected chi connectivity index (χ1v) is 5.72. The van der Waals surface area contributed by atoms with Gasteiger partial charge in [-0.3, -0.25) is 4.79 Å². The van der Waals surface area contributed by atoms with Gasteiger partial charge in [0.05, 0.1) is 5.56 Å². The first-order chi connectivity index (χ1) is 8.20. The molecule has 0 aliphatic carbocycles. The Morgan fingerprint density at radius 1 is 1.41 bits per heavy atom. The molecule has 0 saturated heterocycles. The van der Waals surface area contributed by atoms with Crippen LogP contribution in [0.15, 0.2) is 24.3 Å². The molecule has 0 saturated carbocycles. The number of amides is 1. The van der Waals surface area contributed by atoms with Crippen LogP contribution < -0.4 is 5.32 Å². The maximum absolute atomic E-state index is 12.2. The molecule has 0 aliphatic heterocycles. The van der Waals surface area contributed by atoms with Gasteiger partial charge in [0.15, 0.2) is 0 Å². The van der Waals surface area contributed by atoms with Gasteiger partial charge in [-0.25, -0.2) is 0 Å². The molecule has 0 atom stereocenters. The highest BCUT2D eigenvalue weighted by molar-refractivity contribution is 5.99. The summed E-state index contributed by atoms with van der Waals surface area (Å²) in [4.78, 5) is 13.9. The van der Waals surface area contributed by atoms with Crippen molar-refractivity contribution < 1.29 is 9.53 Å². The molecule has 94 valence electrons.